The fraction of sp³-hybridized carbons (Fsp3) is 0.927. The number of allylic oxidation sites excluding steroid dienone is 4. The van der Waals surface area contributed by atoms with E-state index in [-0.39, 0.29) is 18.5 Å². The van der Waals surface area contributed by atoms with Gasteiger partial charge < -0.3 is 20.3 Å². The lowest BCUT2D eigenvalue weighted by Crippen LogP contribution is -2.45. The minimum absolute atomic E-state index is 0.00877. The van der Waals surface area contributed by atoms with Crippen LogP contribution in [0.15, 0.2) is 24.3 Å². The zero-order valence-corrected chi connectivity index (χ0v) is 60.0. The summed E-state index contributed by atoms with van der Waals surface area (Å²) >= 11 is 0. The lowest BCUT2D eigenvalue weighted by Gasteiger charge is -2.22. The fourth-order valence-electron chi connectivity index (χ4n) is 13.1. The number of unbranched alkanes of at least 4 members (excludes halogenated alkanes) is 62. The van der Waals surface area contributed by atoms with Crippen LogP contribution in [0, 0.1) is 0 Å². The monoisotopic (exact) mass is 1240 g/mol. The molecular formula is C82H159NO5. The lowest BCUT2D eigenvalue weighted by molar-refractivity contribution is -0.143. The van der Waals surface area contributed by atoms with Crippen molar-refractivity contribution in [1.82, 2.24) is 5.32 Å². The highest BCUT2D eigenvalue weighted by molar-refractivity contribution is 5.76. The van der Waals surface area contributed by atoms with Gasteiger partial charge in [-0.25, -0.2) is 0 Å². The van der Waals surface area contributed by atoms with Crippen LogP contribution < -0.4 is 5.32 Å². The maximum atomic E-state index is 12.6. The minimum atomic E-state index is -0.662. The highest BCUT2D eigenvalue weighted by Crippen LogP contribution is 2.20. The van der Waals surface area contributed by atoms with Gasteiger partial charge >= 0.3 is 5.97 Å². The van der Waals surface area contributed by atoms with Crippen LogP contribution in [0.2, 0.25) is 0 Å². The summed E-state index contributed by atoms with van der Waals surface area (Å²) in [6.45, 7) is 4.98. The Labute approximate surface area is 551 Å². The molecule has 2 atom stereocenters. The average Bonchev–Trinajstić information content (AvgIpc) is 3.58. The molecule has 3 N–H and O–H groups in total. The lowest BCUT2D eigenvalue weighted by atomic mass is 10.0. The van der Waals surface area contributed by atoms with Crippen LogP contribution in [0.25, 0.3) is 0 Å². The van der Waals surface area contributed by atoms with Gasteiger partial charge in [0.25, 0.3) is 0 Å². The number of nitrogens with one attached hydrogen (secondary N) is 1. The molecule has 0 saturated heterocycles. The van der Waals surface area contributed by atoms with Crippen molar-refractivity contribution in [3.63, 3.8) is 0 Å². The normalized spacial score (nSPS) is 12.5. The molecular weight excluding hydrogens is 1080 g/mol. The SMILES string of the molecule is CCCCCC/C=C\C/C=C\CCCCCCCC(=O)OCCCCCCCCCCCCCCCCCCCCCCCCCCCCCCCCCCC(=O)NC(CO)C(O)CCCCCCCCCCCCCCCCCCCCCCCCC. The van der Waals surface area contributed by atoms with Gasteiger partial charge in [-0.2, -0.15) is 0 Å². The molecule has 0 rings (SSSR count). The first-order chi connectivity index (χ1) is 43.5. The van der Waals surface area contributed by atoms with E-state index in [2.05, 4.69) is 43.5 Å². The van der Waals surface area contributed by atoms with Crippen LogP contribution in [0.1, 0.15) is 463 Å². The topological polar surface area (TPSA) is 95.9 Å². The summed E-state index contributed by atoms with van der Waals surface area (Å²) in [6, 6.07) is -0.539. The van der Waals surface area contributed by atoms with E-state index in [9.17, 15) is 19.8 Å². The van der Waals surface area contributed by atoms with E-state index in [1.165, 1.54) is 379 Å². The first-order valence-corrected chi connectivity index (χ1v) is 40.6. The zero-order valence-electron chi connectivity index (χ0n) is 60.0. The third-order valence-electron chi connectivity index (χ3n) is 19.3. The van der Waals surface area contributed by atoms with E-state index in [4.69, 9.17) is 4.74 Å². The van der Waals surface area contributed by atoms with Crippen LogP contribution in [-0.2, 0) is 14.3 Å². The van der Waals surface area contributed by atoms with Crippen LogP contribution in [0.3, 0.4) is 0 Å². The minimum Gasteiger partial charge on any atom is -0.466 e. The highest BCUT2D eigenvalue weighted by Gasteiger charge is 2.20. The summed E-state index contributed by atoms with van der Waals surface area (Å²) in [5.74, 6) is -0.0159. The Bertz CT molecular complexity index is 1380. The second-order valence-electron chi connectivity index (χ2n) is 28.1. The molecule has 2 unspecified atom stereocenters. The largest absolute Gasteiger partial charge is 0.466 e. The maximum Gasteiger partial charge on any atom is 0.305 e. The maximum absolute atomic E-state index is 12.6. The van der Waals surface area contributed by atoms with E-state index < -0.39 is 12.1 Å². The van der Waals surface area contributed by atoms with Gasteiger partial charge in [-0.15, -0.1) is 0 Å². The molecule has 0 aromatic carbocycles. The van der Waals surface area contributed by atoms with Crippen LogP contribution in [-0.4, -0.2) is 47.4 Å². The number of ether oxygens (including phenoxy) is 1. The molecule has 1 amide bonds. The smallest absolute Gasteiger partial charge is 0.305 e. The second kappa shape index (κ2) is 77.8. The van der Waals surface area contributed by atoms with Gasteiger partial charge in [-0.3, -0.25) is 9.59 Å². The number of esters is 1. The van der Waals surface area contributed by atoms with Crippen molar-refractivity contribution in [2.45, 2.75) is 475 Å². The van der Waals surface area contributed by atoms with Crippen molar-refractivity contribution < 1.29 is 24.5 Å². The van der Waals surface area contributed by atoms with Crippen molar-refractivity contribution in [2.24, 2.45) is 0 Å². The molecule has 522 valence electrons. The molecule has 0 aliphatic rings. The quantitative estimate of drug-likeness (QED) is 0.0320. The van der Waals surface area contributed by atoms with Crippen LogP contribution >= 0.6 is 0 Å². The Balaban J connectivity index is 3.33. The third kappa shape index (κ3) is 73.4. The predicted molar refractivity (Wildman–Crippen MR) is 389 cm³/mol. The van der Waals surface area contributed by atoms with E-state index >= 15 is 0 Å². The number of aliphatic hydroxyl groups is 2. The number of hydrogen-bond acceptors (Lipinski definition) is 5. The number of amides is 1. The fourth-order valence-corrected chi connectivity index (χ4v) is 13.1. The molecule has 0 heterocycles. The van der Waals surface area contributed by atoms with E-state index in [0.29, 0.717) is 25.9 Å². The number of carbonyl (C=O) groups is 2. The Hall–Kier alpha value is -1.66. The summed E-state index contributed by atoms with van der Waals surface area (Å²) in [5, 5.41) is 23.5. The summed E-state index contributed by atoms with van der Waals surface area (Å²) in [7, 11) is 0. The Kier molecular flexibility index (Phi) is 76.3. The molecule has 0 bridgehead atoms. The number of hydrogen-bond donors (Lipinski definition) is 3. The Morgan fingerprint density at radius 1 is 0.318 bits per heavy atom. The average molecular weight is 1240 g/mol. The van der Waals surface area contributed by atoms with Crippen molar-refractivity contribution in [3.05, 3.63) is 24.3 Å². The summed E-state index contributed by atoms with van der Waals surface area (Å²) in [6.07, 6.45) is 99.9. The number of carbonyl (C=O) groups excluding carboxylic acids is 2. The molecule has 0 radical (unpaired) electrons. The van der Waals surface area contributed by atoms with Gasteiger partial charge in [0.1, 0.15) is 0 Å². The summed E-state index contributed by atoms with van der Waals surface area (Å²) in [5.41, 5.74) is 0. The highest BCUT2D eigenvalue weighted by atomic mass is 16.5. The molecule has 0 aliphatic heterocycles. The van der Waals surface area contributed by atoms with Crippen LogP contribution in [0.5, 0.6) is 0 Å². The number of aliphatic hydroxyl groups excluding tert-OH is 2. The molecule has 0 aromatic heterocycles. The molecule has 0 saturated carbocycles. The molecule has 0 aromatic rings. The van der Waals surface area contributed by atoms with Gasteiger partial charge in [0, 0.05) is 12.8 Å². The Morgan fingerprint density at radius 2 is 0.568 bits per heavy atom. The first-order valence-electron chi connectivity index (χ1n) is 40.6. The van der Waals surface area contributed by atoms with Gasteiger partial charge in [-0.05, 0) is 57.8 Å². The molecule has 6 nitrogen and oxygen atoms in total. The zero-order chi connectivity index (χ0) is 63.5. The van der Waals surface area contributed by atoms with Crippen LogP contribution in [0.4, 0.5) is 0 Å². The van der Waals surface area contributed by atoms with Crippen molar-refractivity contribution in [2.75, 3.05) is 13.2 Å². The van der Waals surface area contributed by atoms with E-state index in [1.807, 2.05) is 0 Å². The van der Waals surface area contributed by atoms with Crippen molar-refractivity contribution in [3.8, 4) is 0 Å². The molecule has 0 spiro atoms. The van der Waals surface area contributed by atoms with Gasteiger partial charge in [0.15, 0.2) is 0 Å². The predicted octanol–water partition coefficient (Wildman–Crippen LogP) is 26.8. The van der Waals surface area contributed by atoms with Gasteiger partial charge in [-0.1, -0.05) is 417 Å². The molecule has 0 fully saturated rings. The molecule has 6 heteroatoms. The second-order valence-corrected chi connectivity index (χ2v) is 28.1. The summed E-state index contributed by atoms with van der Waals surface area (Å²) < 4.78 is 5.50. The first kappa shape index (κ1) is 86.3. The number of rotatable bonds is 77. The van der Waals surface area contributed by atoms with E-state index in [0.717, 1.165) is 51.4 Å². The third-order valence-corrected chi connectivity index (χ3v) is 19.3. The van der Waals surface area contributed by atoms with Crippen molar-refractivity contribution in [1.29, 1.82) is 0 Å². The molecule has 88 heavy (non-hydrogen) atoms. The van der Waals surface area contributed by atoms with Crippen molar-refractivity contribution >= 4 is 11.9 Å². The Morgan fingerprint density at radius 3 is 0.875 bits per heavy atom. The van der Waals surface area contributed by atoms with Gasteiger partial charge in [0.05, 0.1) is 25.4 Å². The standard InChI is InChI=1S/C82H159NO5/c1-3-5-7-9-11-13-15-17-19-21-22-23-34-37-40-43-46-50-54-58-62-66-70-74-80(85)79(78-84)83-81(86)75-71-67-63-59-55-51-47-44-41-38-35-32-30-28-26-24-25-27-29-31-33-36-39-42-45-49-53-57-61-65-69-73-77-88-82(87)76-72-68-64-60-56-52-48-20-18-16-14-12-10-8-6-4-2/h14,16,20,48,79-80,84-85H,3-13,15,17-19,21-47,49-78H2,1-2H3,(H,83,86)/b16-14-,48-20-. The van der Waals surface area contributed by atoms with Gasteiger partial charge in [0.2, 0.25) is 5.91 Å². The van der Waals surface area contributed by atoms with E-state index in [1.54, 1.807) is 0 Å². The molecule has 0 aliphatic carbocycles. The summed E-state index contributed by atoms with van der Waals surface area (Å²) in [4.78, 5) is 24.7.